The van der Waals surface area contributed by atoms with Gasteiger partial charge < -0.3 is 18.6 Å². The molecule has 0 amide bonds. The Morgan fingerprint density at radius 3 is 2.54 bits per heavy atom. The van der Waals surface area contributed by atoms with Crippen LogP contribution in [0.1, 0.15) is 26.7 Å². The molecule has 28 heavy (non-hydrogen) atoms. The van der Waals surface area contributed by atoms with Crippen LogP contribution in [-0.4, -0.2) is 36.6 Å². The van der Waals surface area contributed by atoms with Crippen molar-refractivity contribution in [2.75, 3.05) is 20.8 Å². The molecule has 1 aromatic heterocycles. The molecule has 1 aromatic carbocycles. The molecule has 2 rings (SSSR count). The van der Waals surface area contributed by atoms with E-state index >= 15 is 0 Å². The van der Waals surface area contributed by atoms with Crippen molar-refractivity contribution in [2.24, 2.45) is 0 Å². The molecule has 0 N–H and O–H groups in total. The summed E-state index contributed by atoms with van der Waals surface area (Å²) in [7, 11) is 2.57. The van der Waals surface area contributed by atoms with Gasteiger partial charge in [0.25, 0.3) is 0 Å². The van der Waals surface area contributed by atoms with Crippen molar-refractivity contribution >= 4 is 17.6 Å². The Bertz CT molecular complexity index is 958. The van der Waals surface area contributed by atoms with Crippen LogP contribution in [0.3, 0.4) is 0 Å². The largest absolute Gasteiger partial charge is 0.497 e. The smallest absolute Gasteiger partial charge is 0.442 e. The van der Waals surface area contributed by atoms with Gasteiger partial charge >= 0.3 is 11.7 Å². The molecule has 10 heteroatoms. The van der Waals surface area contributed by atoms with Crippen LogP contribution >= 0.6 is 11.6 Å². The number of benzene rings is 1. The molecule has 0 bridgehead atoms. The molecule has 0 saturated carbocycles. The standard InChI is InChI=1S/C18H20ClFN2O6/c1-18(2,3)16-21-22(17(24)28-16)13-8-14(11(19)7-12(13)20)27-9-10(25-4)6-15(23)26-5/h6-8H,9H2,1-5H3/b10-6+. The van der Waals surface area contributed by atoms with Gasteiger partial charge in [-0.05, 0) is 6.07 Å². The number of hydrogen-bond donors (Lipinski definition) is 0. The van der Waals surface area contributed by atoms with Gasteiger partial charge in [-0.25, -0.2) is 14.0 Å². The number of hydrogen-bond acceptors (Lipinski definition) is 7. The molecule has 0 aliphatic carbocycles. The maximum Gasteiger partial charge on any atom is 0.442 e. The predicted molar refractivity (Wildman–Crippen MR) is 98.4 cm³/mol. The van der Waals surface area contributed by atoms with E-state index in [0.29, 0.717) is 0 Å². The van der Waals surface area contributed by atoms with Crippen molar-refractivity contribution in [1.82, 2.24) is 9.78 Å². The van der Waals surface area contributed by atoms with E-state index < -0.39 is 23.0 Å². The summed E-state index contributed by atoms with van der Waals surface area (Å²) in [5, 5.41) is 4.01. The lowest BCUT2D eigenvalue weighted by Gasteiger charge is -2.12. The summed E-state index contributed by atoms with van der Waals surface area (Å²) in [6, 6.07) is 2.19. The highest BCUT2D eigenvalue weighted by Gasteiger charge is 2.24. The van der Waals surface area contributed by atoms with E-state index in [2.05, 4.69) is 9.84 Å². The average Bonchev–Trinajstić information content (AvgIpc) is 3.01. The first-order chi connectivity index (χ1) is 13.1. The Morgan fingerprint density at radius 1 is 1.32 bits per heavy atom. The maximum atomic E-state index is 14.4. The van der Waals surface area contributed by atoms with Gasteiger partial charge in [0.1, 0.15) is 23.8 Å². The summed E-state index contributed by atoms with van der Waals surface area (Å²) in [5.74, 6) is -1.90. The van der Waals surface area contributed by atoms with Crippen molar-refractivity contribution in [3.8, 4) is 11.4 Å². The second-order valence-corrected chi connectivity index (χ2v) is 7.10. The van der Waals surface area contributed by atoms with E-state index in [4.69, 9.17) is 25.5 Å². The summed E-state index contributed by atoms with van der Waals surface area (Å²) in [6.07, 6.45) is 1.09. The number of halogens is 2. The highest BCUT2D eigenvalue weighted by molar-refractivity contribution is 6.32. The second kappa shape index (κ2) is 8.47. The fraction of sp³-hybridized carbons (Fsp3) is 0.389. The number of methoxy groups -OCH3 is 2. The lowest BCUT2D eigenvalue weighted by atomic mass is 9.97. The summed E-state index contributed by atoms with van der Waals surface area (Å²) >= 11 is 6.02. The van der Waals surface area contributed by atoms with E-state index in [0.717, 1.165) is 16.8 Å². The first-order valence-corrected chi connectivity index (χ1v) is 8.50. The molecule has 0 radical (unpaired) electrons. The van der Waals surface area contributed by atoms with Crippen molar-refractivity contribution in [1.29, 1.82) is 0 Å². The van der Waals surface area contributed by atoms with Crippen LogP contribution in [0.4, 0.5) is 4.39 Å². The molecule has 0 spiro atoms. The van der Waals surface area contributed by atoms with Crippen LogP contribution < -0.4 is 10.5 Å². The van der Waals surface area contributed by atoms with E-state index in [9.17, 15) is 14.0 Å². The van der Waals surface area contributed by atoms with Crippen LogP contribution in [0.15, 0.2) is 33.2 Å². The third-order valence-corrected chi connectivity index (χ3v) is 3.83. The molecular weight excluding hydrogens is 395 g/mol. The van der Waals surface area contributed by atoms with Gasteiger partial charge in [0.15, 0.2) is 5.82 Å². The fourth-order valence-corrected chi connectivity index (χ4v) is 2.23. The molecule has 2 aromatic rings. The molecule has 0 saturated heterocycles. The number of ether oxygens (including phenoxy) is 3. The topological polar surface area (TPSA) is 92.8 Å². The predicted octanol–water partition coefficient (Wildman–Crippen LogP) is 3.00. The van der Waals surface area contributed by atoms with Gasteiger partial charge in [0, 0.05) is 11.5 Å². The minimum Gasteiger partial charge on any atom is -0.497 e. The minimum atomic E-state index is -0.847. The van der Waals surface area contributed by atoms with Gasteiger partial charge in [-0.1, -0.05) is 32.4 Å². The lowest BCUT2D eigenvalue weighted by Crippen LogP contribution is -2.16. The van der Waals surface area contributed by atoms with Crippen LogP contribution in [0, 0.1) is 5.82 Å². The second-order valence-electron chi connectivity index (χ2n) is 6.70. The van der Waals surface area contributed by atoms with E-state index in [1.54, 1.807) is 20.8 Å². The van der Waals surface area contributed by atoms with Gasteiger partial charge in [-0.2, -0.15) is 4.68 Å². The third-order valence-electron chi connectivity index (χ3n) is 3.53. The van der Waals surface area contributed by atoms with Crippen molar-refractivity contribution in [2.45, 2.75) is 26.2 Å². The third kappa shape index (κ3) is 4.92. The van der Waals surface area contributed by atoms with Gasteiger partial charge in [0.2, 0.25) is 5.89 Å². The Kier molecular flexibility index (Phi) is 6.50. The van der Waals surface area contributed by atoms with Gasteiger partial charge in [-0.3, -0.25) is 0 Å². The molecular formula is C18H20ClFN2O6. The summed E-state index contributed by atoms with van der Waals surface area (Å²) < 4.78 is 35.3. The number of carbonyl (C=O) groups is 1. The number of aromatic nitrogens is 2. The van der Waals surface area contributed by atoms with E-state index in [1.807, 2.05) is 0 Å². The Hall–Kier alpha value is -2.81. The number of esters is 1. The summed E-state index contributed by atoms with van der Waals surface area (Å²) in [4.78, 5) is 23.4. The quantitative estimate of drug-likeness (QED) is 0.407. The number of nitrogens with zero attached hydrogens (tertiary/aromatic N) is 2. The lowest BCUT2D eigenvalue weighted by molar-refractivity contribution is -0.135. The highest BCUT2D eigenvalue weighted by Crippen LogP contribution is 2.30. The van der Waals surface area contributed by atoms with Crippen molar-refractivity contribution in [3.63, 3.8) is 0 Å². The first kappa shape index (κ1) is 21.5. The molecule has 0 aliphatic rings. The Balaban J connectivity index is 2.38. The zero-order valence-electron chi connectivity index (χ0n) is 16.0. The zero-order chi connectivity index (χ0) is 21.1. The van der Waals surface area contributed by atoms with E-state index in [-0.39, 0.29) is 34.7 Å². The minimum absolute atomic E-state index is 0.0395. The molecule has 0 aliphatic heterocycles. The normalized spacial score (nSPS) is 12.0. The number of rotatable bonds is 6. The zero-order valence-corrected chi connectivity index (χ0v) is 16.8. The number of carbonyl (C=O) groups excluding carboxylic acids is 1. The van der Waals surface area contributed by atoms with Crippen LogP contribution in [0.2, 0.25) is 5.02 Å². The monoisotopic (exact) mass is 414 g/mol. The Labute approximate surface area is 165 Å². The fourth-order valence-electron chi connectivity index (χ4n) is 2.02. The molecule has 0 atom stereocenters. The molecule has 152 valence electrons. The highest BCUT2D eigenvalue weighted by atomic mass is 35.5. The van der Waals surface area contributed by atoms with Crippen molar-refractivity contribution < 1.29 is 27.8 Å². The van der Waals surface area contributed by atoms with Gasteiger partial charge in [0.05, 0.1) is 25.3 Å². The molecule has 1 heterocycles. The molecule has 0 fully saturated rings. The van der Waals surface area contributed by atoms with Gasteiger partial charge in [-0.15, -0.1) is 5.10 Å². The SMILES string of the molecule is COC(=O)/C=C(\COc1cc(-n2nc(C(C)(C)C)oc2=O)c(F)cc1Cl)OC. The first-order valence-electron chi connectivity index (χ1n) is 8.12. The maximum absolute atomic E-state index is 14.4. The Morgan fingerprint density at radius 2 is 2.00 bits per heavy atom. The summed E-state index contributed by atoms with van der Waals surface area (Å²) in [6.45, 7) is 5.22. The van der Waals surface area contributed by atoms with Crippen molar-refractivity contribution in [3.05, 3.63) is 51.2 Å². The van der Waals surface area contributed by atoms with Crippen LogP contribution in [0.25, 0.3) is 5.69 Å². The average molecular weight is 415 g/mol. The van der Waals surface area contributed by atoms with E-state index in [1.165, 1.54) is 20.3 Å². The molecule has 0 unspecified atom stereocenters. The van der Waals surface area contributed by atoms with Crippen LogP contribution in [-0.2, 0) is 19.7 Å². The van der Waals surface area contributed by atoms with Crippen LogP contribution in [0.5, 0.6) is 5.75 Å². The molecule has 8 nitrogen and oxygen atoms in total. The summed E-state index contributed by atoms with van der Waals surface area (Å²) in [5.41, 5.74) is -0.738.